The van der Waals surface area contributed by atoms with Gasteiger partial charge in [-0.15, -0.1) is 11.8 Å². The van der Waals surface area contributed by atoms with Gasteiger partial charge in [-0.1, -0.05) is 0 Å². The molecule has 4 nitrogen and oxygen atoms in total. The normalized spacial score (nSPS) is 23.1. The van der Waals surface area contributed by atoms with Crippen LogP contribution >= 0.6 is 11.8 Å². The zero-order chi connectivity index (χ0) is 13.3. The lowest BCUT2D eigenvalue weighted by Crippen LogP contribution is -2.50. The zero-order valence-electron chi connectivity index (χ0n) is 10.5. The first-order chi connectivity index (χ1) is 8.48. The van der Waals surface area contributed by atoms with Crippen molar-refractivity contribution in [1.29, 1.82) is 0 Å². The van der Waals surface area contributed by atoms with Gasteiger partial charge in [0, 0.05) is 17.1 Å². The van der Waals surface area contributed by atoms with Crippen molar-refractivity contribution in [3.05, 3.63) is 23.3 Å². The molecule has 0 radical (unpaired) electrons. The molecule has 1 aromatic carbocycles. The highest BCUT2D eigenvalue weighted by Crippen LogP contribution is 2.37. The van der Waals surface area contributed by atoms with Gasteiger partial charge in [-0.3, -0.25) is 4.79 Å². The number of aliphatic carboxylic acids is 1. The van der Waals surface area contributed by atoms with Gasteiger partial charge in [-0.25, -0.2) is 0 Å². The highest BCUT2D eigenvalue weighted by molar-refractivity contribution is 7.99. The van der Waals surface area contributed by atoms with Gasteiger partial charge in [-0.05, 0) is 36.6 Å². The summed E-state index contributed by atoms with van der Waals surface area (Å²) in [5, 5.41) is 9.30. The number of rotatable bonds is 2. The van der Waals surface area contributed by atoms with E-state index in [1.54, 1.807) is 18.9 Å². The molecule has 0 aliphatic carbocycles. The van der Waals surface area contributed by atoms with Crippen molar-refractivity contribution in [2.24, 2.45) is 5.73 Å². The Morgan fingerprint density at radius 1 is 1.56 bits per heavy atom. The summed E-state index contributed by atoms with van der Waals surface area (Å²) in [5.74, 6) is 0.573. The fourth-order valence-corrected chi connectivity index (χ4v) is 3.47. The maximum Gasteiger partial charge on any atom is 0.324 e. The van der Waals surface area contributed by atoms with Crippen molar-refractivity contribution in [3.63, 3.8) is 0 Å². The van der Waals surface area contributed by atoms with Gasteiger partial charge in [0.25, 0.3) is 0 Å². The number of ether oxygens (including phenoxy) is 1. The summed E-state index contributed by atoms with van der Waals surface area (Å²) in [6, 6.07) is 3.91. The van der Waals surface area contributed by atoms with E-state index in [9.17, 15) is 9.90 Å². The molecule has 1 aliphatic heterocycles. The summed E-state index contributed by atoms with van der Waals surface area (Å²) < 4.78 is 5.28. The minimum Gasteiger partial charge on any atom is -0.496 e. The van der Waals surface area contributed by atoms with Crippen LogP contribution in [0.15, 0.2) is 17.0 Å². The van der Waals surface area contributed by atoms with Crippen LogP contribution in [0.25, 0.3) is 0 Å². The molecule has 3 N–H and O–H groups in total. The average Bonchev–Trinajstić information content (AvgIpc) is 2.50. The Hall–Kier alpha value is -1.20. The second-order valence-electron chi connectivity index (χ2n) is 4.61. The molecule has 0 saturated carbocycles. The average molecular weight is 267 g/mol. The molecular formula is C13H17NO3S. The van der Waals surface area contributed by atoms with E-state index in [0.29, 0.717) is 12.8 Å². The van der Waals surface area contributed by atoms with Crippen molar-refractivity contribution in [2.45, 2.75) is 30.2 Å². The largest absolute Gasteiger partial charge is 0.496 e. The number of methoxy groups -OCH3 is 1. The highest BCUT2D eigenvalue weighted by atomic mass is 32.2. The predicted molar refractivity (Wildman–Crippen MR) is 71.3 cm³/mol. The van der Waals surface area contributed by atoms with E-state index in [-0.39, 0.29) is 0 Å². The molecular weight excluding hydrogens is 250 g/mol. The molecule has 1 heterocycles. The Morgan fingerprint density at radius 2 is 2.28 bits per heavy atom. The number of carbonyl (C=O) groups is 1. The predicted octanol–water partition coefficient (Wildman–Crippen LogP) is 1.82. The number of hydrogen-bond donors (Lipinski definition) is 2. The lowest BCUT2D eigenvalue weighted by molar-refractivity contribution is -0.143. The van der Waals surface area contributed by atoms with Crippen molar-refractivity contribution in [2.75, 3.05) is 12.9 Å². The van der Waals surface area contributed by atoms with Crippen LogP contribution in [0.4, 0.5) is 0 Å². The molecule has 1 aromatic rings. The zero-order valence-corrected chi connectivity index (χ0v) is 11.3. The first kappa shape index (κ1) is 13.2. The fraction of sp³-hybridized carbons (Fsp3) is 0.462. The summed E-state index contributed by atoms with van der Waals surface area (Å²) in [6.07, 6.45) is 0.830. The Morgan fingerprint density at radius 3 is 2.89 bits per heavy atom. The van der Waals surface area contributed by atoms with Crippen molar-refractivity contribution < 1.29 is 14.6 Å². The second kappa shape index (κ2) is 4.82. The van der Waals surface area contributed by atoms with Crippen LogP contribution in [0.3, 0.4) is 0 Å². The lowest BCUT2D eigenvalue weighted by Gasteiger charge is -2.23. The molecule has 0 aromatic heterocycles. The van der Waals surface area contributed by atoms with Gasteiger partial charge >= 0.3 is 5.97 Å². The fourth-order valence-electron chi connectivity index (χ4n) is 2.22. The van der Waals surface area contributed by atoms with E-state index in [1.165, 1.54) is 0 Å². The van der Waals surface area contributed by atoms with Gasteiger partial charge in [0.2, 0.25) is 0 Å². The molecule has 0 saturated heterocycles. The Balaban J connectivity index is 2.49. The highest BCUT2D eigenvalue weighted by Gasteiger charge is 2.37. The summed E-state index contributed by atoms with van der Waals surface area (Å²) in [7, 11) is 1.62. The molecule has 18 heavy (non-hydrogen) atoms. The standard InChI is InChI=1S/C13H17NO3S/c1-8-9-7-13(14,12(15)16)5-6-18-11(9)4-3-10(8)17-2/h3-4H,5-7,14H2,1-2H3,(H,15,16). The van der Waals surface area contributed by atoms with Crippen molar-refractivity contribution in [3.8, 4) is 5.75 Å². The summed E-state index contributed by atoms with van der Waals surface area (Å²) in [4.78, 5) is 12.5. The molecule has 2 rings (SSSR count). The van der Waals surface area contributed by atoms with Crippen LogP contribution in [-0.2, 0) is 11.2 Å². The summed E-state index contributed by atoms with van der Waals surface area (Å²) in [6.45, 7) is 1.95. The van der Waals surface area contributed by atoms with Gasteiger partial charge < -0.3 is 15.6 Å². The molecule has 1 aliphatic rings. The third-order valence-electron chi connectivity index (χ3n) is 3.45. The minimum atomic E-state index is -1.17. The summed E-state index contributed by atoms with van der Waals surface area (Å²) in [5.41, 5.74) is 6.84. The van der Waals surface area contributed by atoms with E-state index < -0.39 is 11.5 Å². The Labute approximate surface area is 111 Å². The minimum absolute atomic E-state index is 0.355. The number of nitrogens with two attached hydrogens (primary N) is 1. The molecule has 0 spiro atoms. The molecule has 1 unspecified atom stereocenters. The van der Waals surface area contributed by atoms with Gasteiger partial charge in [0.05, 0.1) is 7.11 Å². The van der Waals surface area contributed by atoms with Gasteiger partial charge in [0.15, 0.2) is 0 Å². The van der Waals surface area contributed by atoms with E-state index in [2.05, 4.69) is 0 Å². The monoisotopic (exact) mass is 267 g/mol. The van der Waals surface area contributed by atoms with Crippen LogP contribution < -0.4 is 10.5 Å². The lowest BCUT2D eigenvalue weighted by atomic mass is 9.87. The number of hydrogen-bond acceptors (Lipinski definition) is 4. The smallest absolute Gasteiger partial charge is 0.324 e. The third kappa shape index (κ3) is 2.20. The number of benzene rings is 1. The molecule has 0 amide bonds. The van der Waals surface area contributed by atoms with Gasteiger partial charge in [0.1, 0.15) is 11.3 Å². The molecule has 5 heteroatoms. The van der Waals surface area contributed by atoms with Crippen LogP contribution in [-0.4, -0.2) is 29.5 Å². The van der Waals surface area contributed by atoms with E-state index in [0.717, 1.165) is 27.5 Å². The SMILES string of the molecule is COc1ccc2c(c1C)CC(N)(C(=O)O)CCS2. The van der Waals surface area contributed by atoms with Crippen LogP contribution in [0.1, 0.15) is 17.5 Å². The molecule has 0 bridgehead atoms. The number of carboxylic acid groups (broad SMARTS) is 1. The van der Waals surface area contributed by atoms with E-state index in [4.69, 9.17) is 10.5 Å². The topological polar surface area (TPSA) is 72.5 Å². The van der Waals surface area contributed by atoms with Crippen LogP contribution in [0, 0.1) is 6.92 Å². The maximum absolute atomic E-state index is 11.3. The molecule has 0 fully saturated rings. The summed E-state index contributed by atoms with van der Waals surface area (Å²) >= 11 is 1.66. The van der Waals surface area contributed by atoms with Crippen LogP contribution in [0.5, 0.6) is 5.75 Å². The first-order valence-corrected chi connectivity index (χ1v) is 6.78. The molecule has 98 valence electrons. The Kier molecular flexibility index (Phi) is 3.54. The maximum atomic E-state index is 11.3. The third-order valence-corrected chi connectivity index (χ3v) is 4.55. The number of thioether (sulfide) groups is 1. The molecule has 1 atom stereocenters. The van der Waals surface area contributed by atoms with Crippen LogP contribution in [0.2, 0.25) is 0 Å². The number of fused-ring (bicyclic) bond motifs is 1. The Bertz CT molecular complexity index is 489. The van der Waals surface area contributed by atoms with Crippen molar-refractivity contribution in [1.82, 2.24) is 0 Å². The van der Waals surface area contributed by atoms with E-state index in [1.807, 2.05) is 19.1 Å². The number of carboxylic acids is 1. The van der Waals surface area contributed by atoms with Gasteiger partial charge in [-0.2, -0.15) is 0 Å². The first-order valence-electron chi connectivity index (χ1n) is 5.79. The van der Waals surface area contributed by atoms with Crippen molar-refractivity contribution >= 4 is 17.7 Å². The quantitative estimate of drug-likeness (QED) is 0.855. The second-order valence-corrected chi connectivity index (χ2v) is 5.74. The van der Waals surface area contributed by atoms with E-state index >= 15 is 0 Å².